The lowest BCUT2D eigenvalue weighted by Gasteiger charge is -2.33. The Labute approximate surface area is 186 Å². The van der Waals surface area contributed by atoms with Gasteiger partial charge < -0.3 is 14.2 Å². The molecule has 1 aromatic heterocycles. The first-order chi connectivity index (χ1) is 15.1. The number of ether oxygens (including phenoxy) is 1. The van der Waals surface area contributed by atoms with Crippen molar-refractivity contribution >= 4 is 17.7 Å². The first kappa shape index (κ1) is 21.4. The van der Waals surface area contributed by atoms with Crippen molar-refractivity contribution in [2.45, 2.75) is 18.4 Å². The molecule has 2 heterocycles. The third-order valence-corrected chi connectivity index (χ3v) is 6.28. The molecule has 0 unspecified atom stereocenters. The van der Waals surface area contributed by atoms with Crippen molar-refractivity contribution in [1.29, 1.82) is 0 Å². The molecule has 3 aromatic rings. The number of amides is 1. The number of piperazine rings is 1. The van der Waals surface area contributed by atoms with Crippen LogP contribution in [0.2, 0.25) is 0 Å². The number of aryl methyl sites for hydroxylation is 1. The Balaban J connectivity index is 1.24. The van der Waals surface area contributed by atoms with E-state index in [0.29, 0.717) is 37.1 Å². The molecular formula is C23H26N4O3S. The van der Waals surface area contributed by atoms with Gasteiger partial charge in [-0.2, -0.15) is 4.98 Å². The second-order valence-corrected chi connectivity index (χ2v) is 8.55. The molecule has 0 atom stereocenters. The maximum absolute atomic E-state index is 12.5. The van der Waals surface area contributed by atoms with Gasteiger partial charge in [0.15, 0.2) is 0 Å². The fourth-order valence-corrected chi connectivity index (χ4v) is 4.20. The molecule has 1 fully saturated rings. The molecule has 0 bridgehead atoms. The first-order valence-electron chi connectivity index (χ1n) is 10.3. The van der Waals surface area contributed by atoms with Crippen molar-refractivity contribution < 1.29 is 14.1 Å². The Hall–Kier alpha value is -2.84. The van der Waals surface area contributed by atoms with Crippen LogP contribution in [0.1, 0.15) is 11.5 Å². The predicted molar refractivity (Wildman–Crippen MR) is 120 cm³/mol. The predicted octanol–water partition coefficient (Wildman–Crippen LogP) is 3.49. The van der Waals surface area contributed by atoms with E-state index in [1.54, 1.807) is 18.9 Å². The summed E-state index contributed by atoms with van der Waals surface area (Å²) in [7, 11) is 1.64. The molecule has 31 heavy (non-hydrogen) atoms. The number of benzene rings is 2. The third kappa shape index (κ3) is 5.65. The second kappa shape index (κ2) is 9.98. The van der Waals surface area contributed by atoms with Gasteiger partial charge in [0.2, 0.25) is 17.6 Å². The van der Waals surface area contributed by atoms with Gasteiger partial charge in [-0.3, -0.25) is 9.69 Å². The van der Waals surface area contributed by atoms with E-state index >= 15 is 0 Å². The maximum Gasteiger partial charge on any atom is 0.241 e. The summed E-state index contributed by atoms with van der Waals surface area (Å²) in [5.74, 6) is 2.60. The molecule has 2 aromatic carbocycles. The van der Waals surface area contributed by atoms with Crippen molar-refractivity contribution in [2.75, 3.05) is 39.0 Å². The fraction of sp³-hybridized carbons (Fsp3) is 0.348. The van der Waals surface area contributed by atoms with Crippen molar-refractivity contribution in [2.24, 2.45) is 0 Å². The van der Waals surface area contributed by atoms with Crippen molar-refractivity contribution in [3.8, 4) is 17.1 Å². The van der Waals surface area contributed by atoms with E-state index in [0.717, 1.165) is 29.3 Å². The van der Waals surface area contributed by atoms with E-state index < -0.39 is 0 Å². The fourth-order valence-electron chi connectivity index (χ4n) is 3.39. The highest BCUT2D eigenvalue weighted by molar-refractivity contribution is 8.00. The third-order valence-electron chi connectivity index (χ3n) is 5.28. The van der Waals surface area contributed by atoms with E-state index in [4.69, 9.17) is 9.26 Å². The van der Waals surface area contributed by atoms with Gasteiger partial charge in [0, 0.05) is 36.6 Å². The zero-order valence-electron chi connectivity index (χ0n) is 17.8. The second-order valence-electron chi connectivity index (χ2n) is 7.50. The molecule has 0 saturated carbocycles. The number of hydrogen-bond acceptors (Lipinski definition) is 7. The van der Waals surface area contributed by atoms with Gasteiger partial charge in [-0.05, 0) is 43.3 Å². The highest BCUT2D eigenvalue weighted by atomic mass is 32.2. The summed E-state index contributed by atoms with van der Waals surface area (Å²) in [6, 6.07) is 15.8. The largest absolute Gasteiger partial charge is 0.497 e. The highest BCUT2D eigenvalue weighted by Crippen LogP contribution is 2.21. The normalized spacial score (nSPS) is 14.6. The molecular weight excluding hydrogens is 412 g/mol. The van der Waals surface area contributed by atoms with Crippen LogP contribution in [0.4, 0.5) is 0 Å². The van der Waals surface area contributed by atoms with Crippen LogP contribution in [-0.2, 0) is 11.3 Å². The Morgan fingerprint density at radius 1 is 1.06 bits per heavy atom. The first-order valence-corrected chi connectivity index (χ1v) is 11.3. The summed E-state index contributed by atoms with van der Waals surface area (Å²) in [6.07, 6.45) is 0. The van der Waals surface area contributed by atoms with E-state index in [2.05, 4.69) is 46.2 Å². The molecule has 0 radical (unpaired) electrons. The molecule has 162 valence electrons. The van der Waals surface area contributed by atoms with Crippen LogP contribution in [-0.4, -0.2) is 64.9 Å². The van der Waals surface area contributed by atoms with E-state index in [-0.39, 0.29) is 5.91 Å². The quantitative estimate of drug-likeness (QED) is 0.523. The van der Waals surface area contributed by atoms with E-state index in [9.17, 15) is 4.79 Å². The molecule has 0 N–H and O–H groups in total. The van der Waals surface area contributed by atoms with Gasteiger partial charge in [0.05, 0.1) is 19.4 Å². The number of aromatic nitrogens is 2. The van der Waals surface area contributed by atoms with Gasteiger partial charge >= 0.3 is 0 Å². The number of carbonyl (C=O) groups is 1. The van der Waals surface area contributed by atoms with Crippen molar-refractivity contribution in [3.63, 3.8) is 0 Å². The standard InChI is InChI=1S/C23H26N4O3S/c1-17-3-9-20(10-4-17)31-16-22(28)27-13-11-26(12-14-27)15-21-24-23(25-30-21)18-5-7-19(29-2)8-6-18/h3-10H,11-16H2,1-2H3. The summed E-state index contributed by atoms with van der Waals surface area (Å²) in [6.45, 7) is 5.67. The molecule has 1 amide bonds. The molecule has 4 rings (SSSR count). The summed E-state index contributed by atoms with van der Waals surface area (Å²) < 4.78 is 10.6. The van der Waals surface area contributed by atoms with Gasteiger partial charge in [0.25, 0.3) is 0 Å². The maximum atomic E-state index is 12.5. The van der Waals surface area contributed by atoms with Crippen LogP contribution in [0.15, 0.2) is 57.9 Å². The van der Waals surface area contributed by atoms with E-state index in [1.807, 2.05) is 29.2 Å². The SMILES string of the molecule is COc1ccc(-c2noc(CN3CCN(C(=O)CSc4ccc(C)cc4)CC3)n2)cc1. The summed E-state index contributed by atoms with van der Waals surface area (Å²) in [5, 5.41) is 4.09. The summed E-state index contributed by atoms with van der Waals surface area (Å²) in [4.78, 5) is 22.4. The zero-order valence-corrected chi connectivity index (χ0v) is 18.6. The van der Waals surface area contributed by atoms with Gasteiger partial charge in [-0.25, -0.2) is 0 Å². The summed E-state index contributed by atoms with van der Waals surface area (Å²) >= 11 is 1.59. The highest BCUT2D eigenvalue weighted by Gasteiger charge is 2.22. The smallest absolute Gasteiger partial charge is 0.241 e. The average Bonchev–Trinajstić information content (AvgIpc) is 3.27. The average molecular weight is 439 g/mol. The number of methoxy groups -OCH3 is 1. The number of rotatable bonds is 7. The molecule has 8 heteroatoms. The minimum absolute atomic E-state index is 0.185. The van der Waals surface area contributed by atoms with Crippen LogP contribution in [0.3, 0.4) is 0 Å². The number of nitrogens with zero attached hydrogens (tertiary/aromatic N) is 4. The monoisotopic (exact) mass is 438 g/mol. The zero-order chi connectivity index (χ0) is 21.6. The summed E-state index contributed by atoms with van der Waals surface area (Å²) in [5.41, 5.74) is 2.11. The molecule has 1 aliphatic rings. The van der Waals surface area contributed by atoms with Gasteiger partial charge in [0.1, 0.15) is 5.75 Å². The molecule has 1 saturated heterocycles. The number of hydrogen-bond donors (Lipinski definition) is 0. The minimum atomic E-state index is 0.185. The lowest BCUT2D eigenvalue weighted by Crippen LogP contribution is -2.48. The molecule has 1 aliphatic heterocycles. The Bertz CT molecular complexity index is 996. The van der Waals surface area contributed by atoms with Gasteiger partial charge in [-0.1, -0.05) is 22.9 Å². The van der Waals surface area contributed by atoms with Crippen molar-refractivity contribution in [3.05, 3.63) is 60.0 Å². The van der Waals surface area contributed by atoms with E-state index in [1.165, 1.54) is 5.56 Å². The molecule has 7 nitrogen and oxygen atoms in total. The lowest BCUT2D eigenvalue weighted by atomic mass is 10.2. The van der Waals surface area contributed by atoms with Crippen LogP contribution >= 0.6 is 11.8 Å². The molecule has 0 spiro atoms. The number of thioether (sulfide) groups is 1. The van der Waals surface area contributed by atoms with Crippen LogP contribution in [0, 0.1) is 6.92 Å². The topological polar surface area (TPSA) is 71.7 Å². The Morgan fingerprint density at radius 3 is 2.45 bits per heavy atom. The van der Waals surface area contributed by atoms with Crippen LogP contribution < -0.4 is 4.74 Å². The Morgan fingerprint density at radius 2 is 1.77 bits per heavy atom. The number of carbonyl (C=O) groups excluding carboxylic acids is 1. The molecule has 0 aliphatic carbocycles. The Kier molecular flexibility index (Phi) is 6.89. The van der Waals surface area contributed by atoms with Crippen LogP contribution in [0.25, 0.3) is 11.4 Å². The van der Waals surface area contributed by atoms with Crippen molar-refractivity contribution in [1.82, 2.24) is 19.9 Å². The van der Waals surface area contributed by atoms with Gasteiger partial charge in [-0.15, -0.1) is 11.8 Å². The van der Waals surface area contributed by atoms with Crippen LogP contribution in [0.5, 0.6) is 5.75 Å². The lowest BCUT2D eigenvalue weighted by molar-refractivity contribution is -0.130. The minimum Gasteiger partial charge on any atom is -0.497 e.